The van der Waals surface area contributed by atoms with Gasteiger partial charge >= 0.3 is 0 Å². The summed E-state index contributed by atoms with van der Waals surface area (Å²) in [5.41, 5.74) is 0.378. The van der Waals surface area contributed by atoms with Gasteiger partial charge in [-0.25, -0.2) is 35.1 Å². The number of benzene rings is 4. The first-order chi connectivity index (χ1) is 17.5. The van der Waals surface area contributed by atoms with Crippen LogP contribution in [0.2, 0.25) is 0 Å². The van der Waals surface area contributed by atoms with Crippen LogP contribution in [0.1, 0.15) is 23.6 Å². The van der Waals surface area contributed by atoms with Gasteiger partial charge in [-0.1, -0.05) is 36.4 Å². The van der Waals surface area contributed by atoms with E-state index in [9.17, 15) is 35.1 Å². The first-order valence-electron chi connectivity index (χ1n) is 11.1. The van der Waals surface area contributed by atoms with E-state index in [0.717, 1.165) is 19.1 Å². The minimum atomic E-state index is -1.75. The van der Waals surface area contributed by atoms with Crippen LogP contribution in [0.3, 0.4) is 0 Å². The Hall–Kier alpha value is -3.94. The number of aryl methyl sites for hydroxylation is 2. The van der Waals surface area contributed by atoms with E-state index in [2.05, 4.69) is 0 Å². The average Bonchev–Trinajstić information content (AvgIpc) is 2.85. The molecule has 8 heteroatoms. The van der Waals surface area contributed by atoms with Crippen LogP contribution in [-0.4, -0.2) is 0 Å². The Morgan fingerprint density at radius 1 is 0.568 bits per heavy atom. The zero-order valence-corrected chi connectivity index (χ0v) is 19.3. The highest BCUT2D eigenvalue weighted by Gasteiger charge is 2.18. The summed E-state index contributed by atoms with van der Waals surface area (Å²) in [5.74, 6) is -9.60. The Morgan fingerprint density at radius 2 is 1.11 bits per heavy atom. The predicted molar refractivity (Wildman–Crippen MR) is 126 cm³/mol. The lowest BCUT2D eigenvalue weighted by Gasteiger charge is -2.11. The van der Waals surface area contributed by atoms with Crippen LogP contribution >= 0.6 is 0 Å². The largest absolute Gasteiger partial charge is 0.209 e. The van der Waals surface area contributed by atoms with Gasteiger partial charge in [0, 0.05) is 5.56 Å². The summed E-state index contributed by atoms with van der Waals surface area (Å²) in [6, 6.07) is 13.1. The van der Waals surface area contributed by atoms with E-state index in [1.807, 2.05) is 0 Å². The molecule has 0 spiro atoms. The van der Waals surface area contributed by atoms with Crippen LogP contribution in [0.5, 0.6) is 0 Å². The summed E-state index contributed by atoms with van der Waals surface area (Å²) in [5, 5.41) is 0. The molecule has 0 bridgehead atoms. The van der Waals surface area contributed by atoms with Crippen molar-refractivity contribution in [1.82, 2.24) is 0 Å². The summed E-state index contributed by atoms with van der Waals surface area (Å²) in [6.07, 6.45) is 0.147. The topological polar surface area (TPSA) is 0 Å². The van der Waals surface area contributed by atoms with Gasteiger partial charge in [-0.05, 0) is 77.9 Å². The quantitative estimate of drug-likeness (QED) is 0.176. The SMILES string of the molecule is CC(F)=C(F)c1ccc(-c2ccc(CCc3cc(F)c(-c4cc(F)c(F)c(F)c4)c(F)c3)c(F)c2)cc1. The van der Waals surface area contributed by atoms with Gasteiger partial charge in [-0.2, -0.15) is 0 Å². The Morgan fingerprint density at radius 3 is 1.65 bits per heavy atom. The van der Waals surface area contributed by atoms with E-state index in [4.69, 9.17) is 0 Å². The molecule has 0 saturated carbocycles. The summed E-state index contributed by atoms with van der Waals surface area (Å²) >= 11 is 0. The maximum atomic E-state index is 14.7. The van der Waals surface area contributed by atoms with E-state index in [0.29, 0.717) is 23.3 Å². The van der Waals surface area contributed by atoms with Crippen LogP contribution in [-0.2, 0) is 12.8 Å². The van der Waals surface area contributed by atoms with Gasteiger partial charge in [0.25, 0.3) is 0 Å². The molecule has 0 radical (unpaired) electrons. The van der Waals surface area contributed by atoms with Crippen LogP contribution in [0, 0.1) is 34.9 Å². The third-order valence-corrected chi connectivity index (χ3v) is 5.88. The van der Waals surface area contributed by atoms with E-state index < -0.39 is 57.7 Å². The maximum absolute atomic E-state index is 14.7. The summed E-state index contributed by atoms with van der Waals surface area (Å²) in [7, 11) is 0. The van der Waals surface area contributed by atoms with Crippen molar-refractivity contribution in [3.63, 3.8) is 0 Å². The van der Waals surface area contributed by atoms with E-state index >= 15 is 0 Å². The Balaban J connectivity index is 1.51. The second-order valence-electron chi connectivity index (χ2n) is 8.42. The molecule has 0 atom stereocenters. The van der Waals surface area contributed by atoms with Gasteiger partial charge < -0.3 is 0 Å². The van der Waals surface area contributed by atoms with Crippen molar-refractivity contribution in [3.05, 3.63) is 124 Å². The molecule has 0 aromatic heterocycles. The Labute approximate surface area is 207 Å². The van der Waals surface area contributed by atoms with E-state index in [1.165, 1.54) is 36.4 Å². The number of hydrogen-bond donors (Lipinski definition) is 0. The molecule has 0 amide bonds. The van der Waals surface area contributed by atoms with Crippen LogP contribution in [0.25, 0.3) is 28.1 Å². The van der Waals surface area contributed by atoms with Gasteiger partial charge in [-0.3, -0.25) is 0 Å². The molecule has 0 fully saturated rings. The molecule has 0 aliphatic carbocycles. The molecule has 0 aliphatic heterocycles. The molecule has 4 aromatic carbocycles. The van der Waals surface area contributed by atoms with E-state index in [1.54, 1.807) is 6.07 Å². The predicted octanol–water partition coefficient (Wildman–Crippen LogP) is 9.27. The Bertz CT molecular complexity index is 1450. The molecule has 0 unspecified atom stereocenters. The number of hydrogen-bond acceptors (Lipinski definition) is 0. The fourth-order valence-corrected chi connectivity index (χ4v) is 3.96. The smallest absolute Gasteiger partial charge is 0.194 e. The fraction of sp³-hybridized carbons (Fsp3) is 0.103. The fourth-order valence-electron chi connectivity index (χ4n) is 3.96. The molecule has 0 nitrogen and oxygen atoms in total. The highest BCUT2D eigenvalue weighted by atomic mass is 19.2. The average molecular weight is 518 g/mol. The van der Waals surface area contributed by atoms with Crippen molar-refractivity contribution in [3.8, 4) is 22.3 Å². The third-order valence-electron chi connectivity index (χ3n) is 5.88. The van der Waals surface area contributed by atoms with Gasteiger partial charge in [0.2, 0.25) is 0 Å². The number of halogens is 8. The van der Waals surface area contributed by atoms with Gasteiger partial charge in [0.1, 0.15) is 23.3 Å². The van der Waals surface area contributed by atoms with Gasteiger partial charge in [0.15, 0.2) is 23.3 Å². The molecule has 0 N–H and O–H groups in total. The van der Waals surface area contributed by atoms with Crippen molar-refractivity contribution >= 4 is 5.83 Å². The molecule has 4 aromatic rings. The Kier molecular flexibility index (Phi) is 7.47. The molecular formula is C29H18F8. The highest BCUT2D eigenvalue weighted by molar-refractivity contribution is 5.69. The molecular weight excluding hydrogens is 500 g/mol. The number of allylic oxidation sites excluding steroid dienone is 1. The zero-order chi connectivity index (χ0) is 26.9. The van der Waals surface area contributed by atoms with Crippen molar-refractivity contribution in [2.45, 2.75) is 19.8 Å². The van der Waals surface area contributed by atoms with Crippen LogP contribution in [0.15, 0.2) is 72.6 Å². The summed E-state index contributed by atoms with van der Waals surface area (Å²) < 4.78 is 111. The standard InChI is InChI=1S/C29H18F8/c1-15(30)28(36)19-7-4-17(5-8-19)20-9-6-18(22(31)12-20)3-2-16-10-23(32)27(24(33)11-16)21-13-25(34)29(37)26(35)14-21/h4-14H,2-3H2,1H3. The second-order valence-corrected chi connectivity index (χ2v) is 8.42. The lowest BCUT2D eigenvalue weighted by atomic mass is 9.97. The van der Waals surface area contributed by atoms with Crippen molar-refractivity contribution in [1.29, 1.82) is 0 Å². The molecule has 4 rings (SSSR count). The minimum Gasteiger partial charge on any atom is -0.209 e. The van der Waals surface area contributed by atoms with Crippen molar-refractivity contribution in [2.75, 3.05) is 0 Å². The van der Waals surface area contributed by atoms with Crippen LogP contribution in [0.4, 0.5) is 35.1 Å². The minimum absolute atomic E-state index is 0.0550. The van der Waals surface area contributed by atoms with Crippen molar-refractivity contribution in [2.24, 2.45) is 0 Å². The first kappa shape index (κ1) is 26.1. The van der Waals surface area contributed by atoms with Gasteiger partial charge in [0.05, 0.1) is 5.56 Å². The zero-order valence-electron chi connectivity index (χ0n) is 19.3. The lowest BCUT2D eigenvalue weighted by molar-refractivity contribution is 0.447. The lowest BCUT2D eigenvalue weighted by Crippen LogP contribution is -2.00. The monoisotopic (exact) mass is 518 g/mol. The second kappa shape index (κ2) is 10.6. The third kappa shape index (κ3) is 5.58. The maximum Gasteiger partial charge on any atom is 0.194 e. The van der Waals surface area contributed by atoms with E-state index in [-0.39, 0.29) is 29.5 Å². The molecule has 0 heterocycles. The normalized spacial score (nSPS) is 12.0. The summed E-state index contributed by atoms with van der Waals surface area (Å²) in [4.78, 5) is 0. The first-order valence-corrected chi connectivity index (χ1v) is 11.1. The molecule has 190 valence electrons. The molecule has 37 heavy (non-hydrogen) atoms. The van der Waals surface area contributed by atoms with Crippen molar-refractivity contribution < 1.29 is 35.1 Å². The number of rotatable bonds is 6. The summed E-state index contributed by atoms with van der Waals surface area (Å²) in [6.45, 7) is 1.00. The molecule has 0 saturated heterocycles. The highest BCUT2D eigenvalue weighted by Crippen LogP contribution is 2.31. The molecule has 0 aliphatic rings. The van der Waals surface area contributed by atoms with Gasteiger partial charge in [-0.15, -0.1) is 0 Å². The van der Waals surface area contributed by atoms with Crippen LogP contribution < -0.4 is 0 Å².